The highest BCUT2D eigenvalue weighted by atomic mass is 127. The fourth-order valence-electron chi connectivity index (χ4n) is 3.46. The molecule has 1 aromatic carbocycles. The van der Waals surface area contributed by atoms with Gasteiger partial charge in [0.15, 0.2) is 12.6 Å². The highest BCUT2D eigenvalue weighted by Crippen LogP contribution is 2.18. The molecule has 1 saturated carbocycles. The van der Waals surface area contributed by atoms with Crippen molar-refractivity contribution in [3.05, 3.63) is 29.8 Å². The van der Waals surface area contributed by atoms with Crippen LogP contribution in [-0.4, -0.2) is 68.0 Å². The molecule has 3 rings (SSSR count). The summed E-state index contributed by atoms with van der Waals surface area (Å²) in [5.74, 6) is 1.72. The van der Waals surface area contributed by atoms with E-state index >= 15 is 0 Å². The van der Waals surface area contributed by atoms with Crippen LogP contribution in [-0.2, 0) is 16.0 Å². The monoisotopic (exact) mass is 557 g/mol. The summed E-state index contributed by atoms with van der Waals surface area (Å²) in [6.45, 7) is 6.04. The van der Waals surface area contributed by atoms with Gasteiger partial charge in [0.05, 0.1) is 0 Å². The quantitative estimate of drug-likeness (QED) is 0.158. The lowest BCUT2D eigenvalue weighted by molar-refractivity contribution is -0.127. The van der Waals surface area contributed by atoms with Gasteiger partial charge in [0.1, 0.15) is 5.75 Å². The van der Waals surface area contributed by atoms with Crippen molar-refractivity contribution in [1.82, 2.24) is 20.9 Å². The van der Waals surface area contributed by atoms with E-state index in [1.807, 2.05) is 36.1 Å². The minimum absolute atomic E-state index is 0. The first-order valence-electron chi connectivity index (χ1n) is 11.4. The molecule has 0 bridgehead atoms. The number of hydrogen-bond acceptors (Lipinski definition) is 4. The molecule has 1 aliphatic heterocycles. The molecule has 0 spiro atoms. The van der Waals surface area contributed by atoms with E-state index in [0.29, 0.717) is 24.8 Å². The Kier molecular flexibility index (Phi) is 11.6. The average Bonchev–Trinajstić information content (AvgIpc) is 3.49. The van der Waals surface area contributed by atoms with Crippen molar-refractivity contribution in [3.8, 4) is 5.75 Å². The Morgan fingerprint density at radius 1 is 1.22 bits per heavy atom. The molecule has 1 saturated heterocycles. The standard InChI is InChI=1S/C23H35N5O3.HI/c1-2-24-23(25-13-4-16-28-15-3-5-22(28)30)26-14-12-18-6-10-20(11-7-18)31-17-21(29)27-19-8-9-19;/h6-7,10-11,19H,2-5,8-9,12-17H2,1H3,(H,27,29)(H2,24,25,26);1H. The third-order valence-corrected chi connectivity index (χ3v) is 5.31. The van der Waals surface area contributed by atoms with Crippen LogP contribution < -0.4 is 20.7 Å². The molecule has 178 valence electrons. The molecule has 8 nitrogen and oxygen atoms in total. The van der Waals surface area contributed by atoms with Crippen molar-refractivity contribution in [3.63, 3.8) is 0 Å². The zero-order valence-electron chi connectivity index (χ0n) is 18.9. The van der Waals surface area contributed by atoms with Crippen molar-refractivity contribution in [2.24, 2.45) is 4.99 Å². The normalized spacial score (nSPS) is 15.8. The van der Waals surface area contributed by atoms with Crippen molar-refractivity contribution in [2.45, 2.75) is 51.5 Å². The average molecular weight is 557 g/mol. The largest absolute Gasteiger partial charge is 0.484 e. The Hall–Kier alpha value is -2.04. The second kappa shape index (κ2) is 14.2. The molecule has 32 heavy (non-hydrogen) atoms. The van der Waals surface area contributed by atoms with E-state index in [2.05, 4.69) is 20.9 Å². The maximum Gasteiger partial charge on any atom is 0.258 e. The lowest BCUT2D eigenvalue weighted by Gasteiger charge is -2.15. The minimum atomic E-state index is -0.0574. The van der Waals surface area contributed by atoms with Crippen molar-refractivity contribution >= 4 is 41.8 Å². The molecule has 3 N–H and O–H groups in total. The number of amides is 2. The maximum absolute atomic E-state index is 11.7. The van der Waals surface area contributed by atoms with Crippen molar-refractivity contribution in [2.75, 3.05) is 39.3 Å². The lowest BCUT2D eigenvalue weighted by Crippen LogP contribution is -2.38. The molecular formula is C23H36IN5O3. The molecule has 2 aliphatic rings. The van der Waals surface area contributed by atoms with Gasteiger partial charge < -0.3 is 25.6 Å². The van der Waals surface area contributed by atoms with Gasteiger partial charge >= 0.3 is 0 Å². The number of benzene rings is 1. The Morgan fingerprint density at radius 3 is 2.66 bits per heavy atom. The number of carbonyl (C=O) groups is 2. The molecule has 0 unspecified atom stereocenters. The number of carbonyl (C=O) groups excluding carboxylic acids is 2. The summed E-state index contributed by atoms with van der Waals surface area (Å²) < 4.78 is 5.54. The van der Waals surface area contributed by atoms with E-state index in [0.717, 1.165) is 64.2 Å². The van der Waals surface area contributed by atoms with E-state index in [1.54, 1.807) is 0 Å². The van der Waals surface area contributed by atoms with Crippen LogP contribution in [0, 0.1) is 0 Å². The van der Waals surface area contributed by atoms with Gasteiger partial charge in [-0.25, -0.2) is 0 Å². The first-order chi connectivity index (χ1) is 15.1. The van der Waals surface area contributed by atoms with Gasteiger partial charge in [0, 0.05) is 45.2 Å². The van der Waals surface area contributed by atoms with Crippen LogP contribution in [0.5, 0.6) is 5.75 Å². The Bertz CT molecular complexity index is 753. The van der Waals surface area contributed by atoms with Gasteiger partial charge in [-0.1, -0.05) is 12.1 Å². The van der Waals surface area contributed by atoms with Crippen LogP contribution in [0.1, 0.15) is 44.6 Å². The zero-order valence-corrected chi connectivity index (χ0v) is 21.2. The fourth-order valence-corrected chi connectivity index (χ4v) is 3.46. The predicted molar refractivity (Wildman–Crippen MR) is 137 cm³/mol. The second-order valence-corrected chi connectivity index (χ2v) is 8.05. The second-order valence-electron chi connectivity index (χ2n) is 8.05. The van der Waals surface area contributed by atoms with Crippen LogP contribution >= 0.6 is 24.0 Å². The van der Waals surface area contributed by atoms with Gasteiger partial charge in [0.25, 0.3) is 5.91 Å². The molecule has 1 aromatic rings. The molecule has 1 aliphatic carbocycles. The van der Waals surface area contributed by atoms with E-state index in [-0.39, 0.29) is 42.4 Å². The number of likely N-dealkylation sites (tertiary alicyclic amines) is 1. The highest BCUT2D eigenvalue weighted by molar-refractivity contribution is 14.0. The molecule has 0 atom stereocenters. The molecular weight excluding hydrogens is 521 g/mol. The number of nitrogens with zero attached hydrogens (tertiary/aromatic N) is 2. The summed E-state index contributed by atoms with van der Waals surface area (Å²) in [5.41, 5.74) is 1.19. The number of guanidine groups is 1. The predicted octanol–water partition coefficient (Wildman–Crippen LogP) is 2.07. The number of rotatable bonds is 12. The van der Waals surface area contributed by atoms with Crippen LogP contribution in [0.15, 0.2) is 29.3 Å². The minimum Gasteiger partial charge on any atom is -0.484 e. The molecule has 0 radical (unpaired) electrons. The molecule has 0 aromatic heterocycles. The first kappa shape index (κ1) is 26.2. The number of hydrogen-bond donors (Lipinski definition) is 3. The lowest BCUT2D eigenvalue weighted by atomic mass is 10.1. The van der Waals surface area contributed by atoms with E-state index < -0.39 is 0 Å². The Morgan fingerprint density at radius 2 is 2.00 bits per heavy atom. The zero-order chi connectivity index (χ0) is 21.9. The van der Waals surface area contributed by atoms with Crippen LogP contribution in [0.4, 0.5) is 0 Å². The van der Waals surface area contributed by atoms with Crippen molar-refractivity contribution in [1.29, 1.82) is 0 Å². The summed E-state index contributed by atoms with van der Waals surface area (Å²) in [4.78, 5) is 29.9. The van der Waals surface area contributed by atoms with Gasteiger partial charge in [0.2, 0.25) is 5.91 Å². The molecule has 2 amide bonds. The van der Waals surface area contributed by atoms with Gasteiger partial charge in [-0.05, 0) is 56.7 Å². The fraction of sp³-hybridized carbons (Fsp3) is 0.609. The molecule has 2 fully saturated rings. The Labute approximate surface area is 208 Å². The van der Waals surface area contributed by atoms with Gasteiger partial charge in [-0.15, -0.1) is 24.0 Å². The molecule has 9 heteroatoms. The summed E-state index contributed by atoms with van der Waals surface area (Å²) in [7, 11) is 0. The van der Waals surface area contributed by atoms with Crippen LogP contribution in [0.25, 0.3) is 0 Å². The van der Waals surface area contributed by atoms with E-state index in [9.17, 15) is 9.59 Å². The maximum atomic E-state index is 11.7. The van der Waals surface area contributed by atoms with Gasteiger partial charge in [-0.2, -0.15) is 0 Å². The smallest absolute Gasteiger partial charge is 0.258 e. The number of nitrogens with one attached hydrogen (secondary N) is 3. The summed E-state index contributed by atoms with van der Waals surface area (Å²) in [6, 6.07) is 8.20. The molecule has 1 heterocycles. The van der Waals surface area contributed by atoms with Gasteiger partial charge in [-0.3, -0.25) is 14.6 Å². The van der Waals surface area contributed by atoms with Crippen LogP contribution in [0.2, 0.25) is 0 Å². The summed E-state index contributed by atoms with van der Waals surface area (Å²) >= 11 is 0. The number of ether oxygens (including phenoxy) is 1. The number of aliphatic imine (C=N–C) groups is 1. The van der Waals surface area contributed by atoms with Crippen molar-refractivity contribution < 1.29 is 14.3 Å². The third kappa shape index (κ3) is 9.62. The first-order valence-corrected chi connectivity index (χ1v) is 11.4. The topological polar surface area (TPSA) is 95.1 Å². The Balaban J connectivity index is 0.00000363. The third-order valence-electron chi connectivity index (χ3n) is 5.31. The summed E-state index contributed by atoms with van der Waals surface area (Å²) in [6.07, 6.45) is 5.56. The highest BCUT2D eigenvalue weighted by Gasteiger charge is 2.23. The SMILES string of the molecule is CCNC(=NCCCN1CCCC1=O)NCCc1ccc(OCC(=O)NC2CC2)cc1.I. The number of halogens is 1. The van der Waals surface area contributed by atoms with E-state index in [1.165, 1.54) is 5.56 Å². The van der Waals surface area contributed by atoms with E-state index in [4.69, 9.17) is 4.74 Å². The van der Waals surface area contributed by atoms with Crippen LogP contribution in [0.3, 0.4) is 0 Å². The summed E-state index contributed by atoms with van der Waals surface area (Å²) in [5, 5.41) is 9.53.